The molecule has 1 aromatic heterocycles. The van der Waals surface area contributed by atoms with Crippen molar-refractivity contribution in [2.75, 3.05) is 46.6 Å². The predicted molar refractivity (Wildman–Crippen MR) is 106 cm³/mol. The molecule has 0 spiro atoms. The molecule has 0 atom stereocenters. The first-order chi connectivity index (χ1) is 12.7. The summed E-state index contributed by atoms with van der Waals surface area (Å²) in [7, 11) is 1.67. The van der Waals surface area contributed by atoms with E-state index in [9.17, 15) is 4.79 Å². The lowest BCUT2D eigenvalue weighted by Crippen LogP contribution is -2.38. The largest absolute Gasteiger partial charge is 0.382 e. The number of hydrogen-bond acceptors (Lipinski definition) is 4. The molecule has 1 heterocycles. The molecular weight excluding hydrogens is 332 g/mol. The maximum atomic E-state index is 11.8. The fraction of sp³-hybridized carbons (Fsp3) is 0.684. The summed E-state index contributed by atoms with van der Waals surface area (Å²) < 4.78 is 12.2. The molecule has 2 N–H and O–H groups in total. The molecule has 7 nitrogen and oxygen atoms in total. The number of aliphatic imine (C=N–C) groups is 1. The van der Waals surface area contributed by atoms with Crippen LogP contribution in [0.5, 0.6) is 0 Å². The van der Waals surface area contributed by atoms with E-state index in [1.807, 2.05) is 17.6 Å². The summed E-state index contributed by atoms with van der Waals surface area (Å²) in [6.45, 7) is 9.10. The average Bonchev–Trinajstić information content (AvgIpc) is 2.62. The smallest absolute Gasteiger partial charge is 0.250 e. The first-order valence-corrected chi connectivity index (χ1v) is 9.44. The number of aromatic nitrogens is 1. The molecule has 0 amide bonds. The highest BCUT2D eigenvalue weighted by Gasteiger charge is 2.00. The molecule has 0 bridgehead atoms. The van der Waals surface area contributed by atoms with Crippen LogP contribution in [-0.4, -0.2) is 57.1 Å². The minimum absolute atomic E-state index is 0.0700. The van der Waals surface area contributed by atoms with Crippen LogP contribution in [0.1, 0.15) is 31.9 Å². The lowest BCUT2D eigenvalue weighted by molar-refractivity contribution is 0.0702. The number of guanidine groups is 1. The molecule has 0 radical (unpaired) electrons. The van der Waals surface area contributed by atoms with E-state index in [0.29, 0.717) is 19.8 Å². The molecule has 148 valence electrons. The summed E-state index contributed by atoms with van der Waals surface area (Å²) in [5, 5.41) is 6.58. The quantitative estimate of drug-likeness (QED) is 0.315. The molecule has 7 heteroatoms. The Kier molecular flexibility index (Phi) is 12.2. The van der Waals surface area contributed by atoms with Crippen molar-refractivity contribution in [1.82, 2.24) is 15.2 Å². The van der Waals surface area contributed by atoms with Gasteiger partial charge in [-0.1, -0.05) is 6.07 Å². The van der Waals surface area contributed by atoms with Gasteiger partial charge in [0.1, 0.15) is 0 Å². The van der Waals surface area contributed by atoms with Crippen LogP contribution in [0.25, 0.3) is 0 Å². The van der Waals surface area contributed by atoms with Crippen LogP contribution in [0.15, 0.2) is 28.0 Å². The van der Waals surface area contributed by atoms with Crippen molar-refractivity contribution in [2.45, 2.75) is 39.7 Å². The van der Waals surface area contributed by atoms with Gasteiger partial charge in [-0.05, 0) is 39.2 Å². The van der Waals surface area contributed by atoms with E-state index >= 15 is 0 Å². The zero-order valence-corrected chi connectivity index (χ0v) is 16.4. The first kappa shape index (κ1) is 22.2. The molecule has 1 aromatic rings. The van der Waals surface area contributed by atoms with Gasteiger partial charge in [0.15, 0.2) is 5.96 Å². The van der Waals surface area contributed by atoms with Crippen LogP contribution in [0, 0.1) is 6.92 Å². The summed E-state index contributed by atoms with van der Waals surface area (Å²) in [6.07, 6.45) is 2.81. The van der Waals surface area contributed by atoms with Crippen LogP contribution < -0.4 is 16.2 Å². The van der Waals surface area contributed by atoms with Gasteiger partial charge >= 0.3 is 0 Å². The zero-order valence-electron chi connectivity index (χ0n) is 16.4. The monoisotopic (exact) mass is 366 g/mol. The Morgan fingerprint density at radius 1 is 1.15 bits per heavy atom. The van der Waals surface area contributed by atoms with Crippen molar-refractivity contribution in [2.24, 2.45) is 4.99 Å². The maximum absolute atomic E-state index is 11.8. The molecule has 0 aliphatic rings. The third kappa shape index (κ3) is 9.58. The van der Waals surface area contributed by atoms with Crippen molar-refractivity contribution >= 4 is 5.96 Å². The van der Waals surface area contributed by atoms with Gasteiger partial charge in [0, 0.05) is 51.7 Å². The number of nitrogens with one attached hydrogen (secondary N) is 2. The fourth-order valence-corrected chi connectivity index (χ4v) is 2.46. The topological polar surface area (TPSA) is 76.9 Å². The normalized spacial score (nSPS) is 11.6. The van der Waals surface area contributed by atoms with Gasteiger partial charge in [-0.3, -0.25) is 9.79 Å². The number of methoxy groups -OCH3 is 1. The molecule has 0 fully saturated rings. The van der Waals surface area contributed by atoms with Gasteiger partial charge in [0.2, 0.25) is 0 Å². The van der Waals surface area contributed by atoms with Crippen molar-refractivity contribution in [3.63, 3.8) is 0 Å². The summed E-state index contributed by atoms with van der Waals surface area (Å²) in [5.74, 6) is 0.831. The van der Waals surface area contributed by atoms with Crippen molar-refractivity contribution in [3.05, 3.63) is 34.2 Å². The molecule has 0 aromatic carbocycles. The molecule has 0 unspecified atom stereocenters. The molecular formula is C19H34N4O3. The Morgan fingerprint density at radius 3 is 2.73 bits per heavy atom. The van der Waals surface area contributed by atoms with Crippen LogP contribution in [0.3, 0.4) is 0 Å². The second-order valence-electron chi connectivity index (χ2n) is 6.01. The molecule has 0 aliphatic heterocycles. The summed E-state index contributed by atoms with van der Waals surface area (Å²) >= 11 is 0. The molecule has 0 saturated carbocycles. The first-order valence-electron chi connectivity index (χ1n) is 9.44. The van der Waals surface area contributed by atoms with E-state index in [1.54, 1.807) is 19.2 Å². The average molecular weight is 367 g/mol. The van der Waals surface area contributed by atoms with E-state index in [1.165, 1.54) is 0 Å². The Bertz CT molecular complexity index is 572. The van der Waals surface area contributed by atoms with E-state index in [-0.39, 0.29) is 5.56 Å². The van der Waals surface area contributed by atoms with Crippen LogP contribution in [0.2, 0.25) is 0 Å². The molecule has 0 saturated heterocycles. The van der Waals surface area contributed by atoms with Gasteiger partial charge < -0.3 is 24.7 Å². The number of aryl methyl sites for hydroxylation is 1. The number of hydrogen-bond donors (Lipinski definition) is 2. The highest BCUT2D eigenvalue weighted by atomic mass is 16.5. The second-order valence-corrected chi connectivity index (χ2v) is 6.01. The number of ether oxygens (including phenoxy) is 2. The molecule has 1 rings (SSSR count). The van der Waals surface area contributed by atoms with Crippen molar-refractivity contribution in [3.8, 4) is 0 Å². The van der Waals surface area contributed by atoms with Gasteiger partial charge in [-0.2, -0.15) is 0 Å². The van der Waals surface area contributed by atoms with Gasteiger partial charge in [0.05, 0.1) is 13.2 Å². The molecule has 26 heavy (non-hydrogen) atoms. The summed E-state index contributed by atoms with van der Waals surface area (Å²) in [6, 6.07) is 5.38. The Balaban J connectivity index is 2.22. The fourth-order valence-electron chi connectivity index (χ4n) is 2.46. The van der Waals surface area contributed by atoms with Crippen molar-refractivity contribution < 1.29 is 9.47 Å². The third-order valence-corrected chi connectivity index (χ3v) is 3.86. The SMILES string of the molecule is CCNC(=NCCCOCCOC)NCCCCn1c(C)cccc1=O. The third-order valence-electron chi connectivity index (χ3n) is 3.86. The lowest BCUT2D eigenvalue weighted by Gasteiger charge is -2.12. The Labute approximate surface area is 156 Å². The second kappa shape index (κ2) is 14.3. The Morgan fingerprint density at radius 2 is 2.00 bits per heavy atom. The molecule has 0 aliphatic carbocycles. The van der Waals surface area contributed by atoms with E-state index < -0.39 is 0 Å². The van der Waals surface area contributed by atoms with E-state index in [4.69, 9.17) is 9.47 Å². The zero-order chi connectivity index (χ0) is 19.0. The van der Waals surface area contributed by atoms with E-state index in [2.05, 4.69) is 22.5 Å². The summed E-state index contributed by atoms with van der Waals surface area (Å²) in [5.41, 5.74) is 1.08. The maximum Gasteiger partial charge on any atom is 0.250 e. The van der Waals surface area contributed by atoms with Crippen LogP contribution in [0.4, 0.5) is 0 Å². The highest BCUT2D eigenvalue weighted by Crippen LogP contribution is 1.97. The van der Waals surface area contributed by atoms with Gasteiger partial charge in [-0.25, -0.2) is 0 Å². The van der Waals surface area contributed by atoms with Crippen molar-refractivity contribution in [1.29, 1.82) is 0 Å². The minimum atomic E-state index is 0.0700. The number of pyridine rings is 1. The van der Waals surface area contributed by atoms with E-state index in [0.717, 1.165) is 57.1 Å². The number of unbranched alkanes of at least 4 members (excludes halogenated alkanes) is 1. The Hall–Kier alpha value is -1.86. The van der Waals surface area contributed by atoms with Crippen LogP contribution in [-0.2, 0) is 16.0 Å². The number of rotatable bonds is 13. The lowest BCUT2D eigenvalue weighted by atomic mass is 10.3. The minimum Gasteiger partial charge on any atom is -0.382 e. The van der Waals surface area contributed by atoms with Gasteiger partial charge in [0.25, 0.3) is 5.56 Å². The summed E-state index contributed by atoms with van der Waals surface area (Å²) in [4.78, 5) is 16.4. The van der Waals surface area contributed by atoms with Gasteiger partial charge in [-0.15, -0.1) is 0 Å². The standard InChI is InChI=1S/C19H34N4O3/c1-4-20-19(22-12-8-14-26-16-15-25-3)21-11-5-6-13-23-17(2)9-7-10-18(23)24/h7,9-10H,4-6,8,11-16H2,1-3H3,(H2,20,21,22). The highest BCUT2D eigenvalue weighted by molar-refractivity contribution is 5.79. The predicted octanol–water partition coefficient (Wildman–Crippen LogP) is 1.55. The number of nitrogens with zero attached hydrogens (tertiary/aromatic N) is 2. The van der Waals surface area contributed by atoms with Crippen LogP contribution >= 0.6 is 0 Å².